The van der Waals surface area contributed by atoms with Gasteiger partial charge in [0.05, 0.1) is 25.5 Å². The highest BCUT2D eigenvalue weighted by molar-refractivity contribution is 6.53. The lowest BCUT2D eigenvalue weighted by atomic mass is 9.56. The van der Waals surface area contributed by atoms with E-state index in [-0.39, 0.29) is 42.7 Å². The van der Waals surface area contributed by atoms with Crippen LogP contribution in [0.5, 0.6) is 11.5 Å². The van der Waals surface area contributed by atoms with Crippen molar-refractivity contribution in [3.05, 3.63) is 71.3 Å². The minimum absolute atomic E-state index is 0.0656. The summed E-state index contributed by atoms with van der Waals surface area (Å²) >= 11 is 14.3. The number of hydrogen-bond acceptors (Lipinski definition) is 6. The number of allylic oxidation sites excluding steroid dienone is 2. The highest BCUT2D eigenvalue weighted by Gasteiger charge is 2.75. The number of fused-ring (bicyclic) bond motifs is 4. The predicted octanol–water partition coefficient (Wildman–Crippen LogP) is 3.59. The van der Waals surface area contributed by atoms with Gasteiger partial charge in [-0.3, -0.25) is 29.0 Å². The number of phenolic OH excluding ortho intramolecular Hbond substituents is 1. The standard InChI is InChI=1S/C29H26Cl2N2O6/c1-32-26(37)28(30)13-19-17(23(29(28,31)27(32)38)16-8-11-20(34)21(12-16)39-2)9-10-18-22(19)25(36)33(24(18)35)14-15-6-4-3-5-7-15/h3-9,11-12,18-19,22-23,34H,10,13-14H2,1-2H3/t18-,19+,22-,23-,28+,29-/m0/s1. The zero-order valence-electron chi connectivity index (χ0n) is 21.3. The predicted molar refractivity (Wildman–Crippen MR) is 142 cm³/mol. The smallest absolute Gasteiger partial charge is 0.253 e. The number of phenols is 1. The highest BCUT2D eigenvalue weighted by atomic mass is 35.5. The molecule has 3 fully saturated rings. The molecule has 39 heavy (non-hydrogen) atoms. The molecule has 0 unspecified atom stereocenters. The summed E-state index contributed by atoms with van der Waals surface area (Å²) in [4.78, 5) is 53.0. The Morgan fingerprint density at radius 3 is 2.41 bits per heavy atom. The normalized spacial score (nSPS) is 33.6. The number of likely N-dealkylation sites (tertiary alicyclic amines) is 2. The molecule has 1 saturated carbocycles. The van der Waals surface area contributed by atoms with Crippen molar-refractivity contribution in [3.63, 3.8) is 0 Å². The van der Waals surface area contributed by atoms with E-state index in [1.54, 1.807) is 12.1 Å². The molecular weight excluding hydrogens is 543 g/mol. The quantitative estimate of drug-likeness (QED) is 0.343. The van der Waals surface area contributed by atoms with Crippen LogP contribution in [0.25, 0.3) is 0 Å². The number of halogens is 2. The Labute approximate surface area is 235 Å². The number of amides is 4. The lowest BCUT2D eigenvalue weighted by Crippen LogP contribution is -2.60. The lowest BCUT2D eigenvalue weighted by Gasteiger charge is -2.50. The van der Waals surface area contributed by atoms with Crippen LogP contribution >= 0.6 is 23.2 Å². The summed E-state index contributed by atoms with van der Waals surface area (Å²) in [7, 11) is 2.75. The minimum atomic E-state index is -1.88. The lowest BCUT2D eigenvalue weighted by molar-refractivity contribution is -0.141. The van der Waals surface area contributed by atoms with Crippen LogP contribution in [0.15, 0.2) is 60.2 Å². The number of ether oxygens (including phenoxy) is 1. The summed E-state index contributed by atoms with van der Waals surface area (Å²) in [5.74, 6) is -4.64. The fourth-order valence-electron chi connectivity index (χ4n) is 6.98. The van der Waals surface area contributed by atoms with Crippen molar-refractivity contribution >= 4 is 46.8 Å². The molecule has 2 aliphatic heterocycles. The van der Waals surface area contributed by atoms with Gasteiger partial charge in [0.1, 0.15) is 0 Å². The van der Waals surface area contributed by atoms with Gasteiger partial charge in [-0.1, -0.05) is 48.0 Å². The maximum atomic E-state index is 13.9. The van der Waals surface area contributed by atoms with Gasteiger partial charge in [-0.15, -0.1) is 23.2 Å². The van der Waals surface area contributed by atoms with Crippen molar-refractivity contribution in [2.75, 3.05) is 14.2 Å². The van der Waals surface area contributed by atoms with Gasteiger partial charge in [-0.2, -0.15) is 0 Å². The van der Waals surface area contributed by atoms with Gasteiger partial charge < -0.3 is 9.84 Å². The second kappa shape index (κ2) is 8.83. The molecule has 0 bridgehead atoms. The largest absolute Gasteiger partial charge is 0.504 e. The van der Waals surface area contributed by atoms with Gasteiger partial charge in [-0.25, -0.2) is 0 Å². The highest BCUT2D eigenvalue weighted by Crippen LogP contribution is 2.65. The van der Waals surface area contributed by atoms with Crippen LogP contribution < -0.4 is 4.74 Å². The average Bonchev–Trinajstić information content (AvgIpc) is 3.24. The van der Waals surface area contributed by atoms with Gasteiger partial charge in [0.15, 0.2) is 21.2 Å². The molecule has 2 heterocycles. The summed E-state index contributed by atoms with van der Waals surface area (Å²) in [6, 6.07) is 13.9. The maximum absolute atomic E-state index is 13.9. The molecule has 202 valence electrons. The first-order chi connectivity index (χ1) is 18.5. The zero-order valence-corrected chi connectivity index (χ0v) is 22.8. The first-order valence-electron chi connectivity index (χ1n) is 12.7. The monoisotopic (exact) mass is 568 g/mol. The molecular formula is C29H26Cl2N2O6. The molecule has 2 aliphatic carbocycles. The minimum Gasteiger partial charge on any atom is -0.504 e. The molecule has 0 aromatic heterocycles. The molecule has 4 aliphatic rings. The van der Waals surface area contributed by atoms with Crippen LogP contribution in [0, 0.1) is 17.8 Å². The number of methoxy groups -OCH3 is 1. The van der Waals surface area contributed by atoms with Crippen LogP contribution in [0.3, 0.4) is 0 Å². The molecule has 1 N–H and O–H groups in total. The van der Waals surface area contributed by atoms with Crippen molar-refractivity contribution in [1.29, 1.82) is 0 Å². The zero-order chi connectivity index (χ0) is 27.9. The third-order valence-electron chi connectivity index (χ3n) is 8.83. The fourth-order valence-corrected chi connectivity index (χ4v) is 8.00. The Morgan fingerprint density at radius 1 is 1.00 bits per heavy atom. The van der Waals surface area contributed by atoms with E-state index < -0.39 is 45.2 Å². The first-order valence-corrected chi connectivity index (χ1v) is 13.5. The second-order valence-electron chi connectivity index (χ2n) is 10.7. The summed E-state index contributed by atoms with van der Waals surface area (Å²) in [5, 5.41) is 10.2. The summed E-state index contributed by atoms with van der Waals surface area (Å²) in [5.41, 5.74) is 2.03. The number of carbonyl (C=O) groups is 4. The number of nitrogens with zero attached hydrogens (tertiary/aromatic N) is 2. The van der Waals surface area contributed by atoms with Crippen molar-refractivity contribution in [2.24, 2.45) is 17.8 Å². The molecule has 0 radical (unpaired) electrons. The summed E-state index contributed by atoms with van der Waals surface area (Å²) in [6.07, 6.45) is 2.10. The SMILES string of the molecule is COc1cc([C@H]2C3=CC[C@@H]4C(=O)N(Cc5ccccc5)C(=O)[C@@H]4[C@@H]3C[C@@]3(Cl)C(=O)N(C)C(=O)[C@@]23Cl)ccc1O. The molecule has 10 heteroatoms. The second-order valence-corrected chi connectivity index (χ2v) is 11.9. The molecule has 2 aromatic rings. The number of carbonyl (C=O) groups excluding carboxylic acids is 4. The van der Waals surface area contributed by atoms with Gasteiger partial charge in [0.2, 0.25) is 11.8 Å². The number of hydrogen-bond donors (Lipinski definition) is 1. The molecule has 6 rings (SSSR count). The van der Waals surface area contributed by atoms with E-state index in [1.165, 1.54) is 25.1 Å². The van der Waals surface area contributed by atoms with Crippen molar-refractivity contribution in [1.82, 2.24) is 9.80 Å². The first kappa shape index (κ1) is 25.9. The van der Waals surface area contributed by atoms with Crippen LogP contribution in [-0.2, 0) is 25.7 Å². The summed E-state index contributed by atoms with van der Waals surface area (Å²) in [6.45, 7) is 0.151. The van der Waals surface area contributed by atoms with E-state index in [0.29, 0.717) is 11.1 Å². The fraction of sp³-hybridized carbons (Fsp3) is 0.379. The number of aromatic hydroxyl groups is 1. The van der Waals surface area contributed by atoms with E-state index in [4.69, 9.17) is 27.9 Å². The Bertz CT molecular complexity index is 1460. The Morgan fingerprint density at radius 2 is 1.72 bits per heavy atom. The van der Waals surface area contributed by atoms with E-state index in [2.05, 4.69) is 0 Å². The number of alkyl halides is 2. The van der Waals surface area contributed by atoms with Gasteiger partial charge in [0.25, 0.3) is 11.8 Å². The molecule has 2 saturated heterocycles. The number of benzene rings is 2. The van der Waals surface area contributed by atoms with Gasteiger partial charge in [0, 0.05) is 13.0 Å². The topological polar surface area (TPSA) is 104 Å². The Kier molecular flexibility index (Phi) is 5.86. The van der Waals surface area contributed by atoms with Crippen LogP contribution in [0.1, 0.15) is 29.9 Å². The third-order valence-corrected chi connectivity index (χ3v) is 10.2. The van der Waals surface area contributed by atoms with E-state index in [1.807, 2.05) is 36.4 Å². The third kappa shape index (κ3) is 3.37. The van der Waals surface area contributed by atoms with E-state index in [9.17, 15) is 24.3 Å². The summed E-state index contributed by atoms with van der Waals surface area (Å²) < 4.78 is 5.31. The number of imide groups is 2. The van der Waals surface area contributed by atoms with Crippen molar-refractivity contribution < 1.29 is 29.0 Å². The maximum Gasteiger partial charge on any atom is 0.253 e. The van der Waals surface area contributed by atoms with Gasteiger partial charge >= 0.3 is 0 Å². The molecule has 2 aromatic carbocycles. The van der Waals surface area contributed by atoms with Crippen LogP contribution in [0.2, 0.25) is 0 Å². The van der Waals surface area contributed by atoms with Crippen LogP contribution in [0.4, 0.5) is 0 Å². The Balaban J connectivity index is 1.48. The average molecular weight is 569 g/mol. The number of rotatable bonds is 4. The van der Waals surface area contributed by atoms with Crippen molar-refractivity contribution in [3.8, 4) is 11.5 Å². The molecule has 0 spiro atoms. The van der Waals surface area contributed by atoms with E-state index in [0.717, 1.165) is 10.5 Å². The van der Waals surface area contributed by atoms with Gasteiger partial charge in [-0.05, 0) is 42.0 Å². The molecule has 4 amide bonds. The van der Waals surface area contributed by atoms with Crippen molar-refractivity contribution in [2.45, 2.75) is 35.1 Å². The molecule has 6 atom stereocenters. The Hall–Kier alpha value is -3.36. The van der Waals surface area contributed by atoms with E-state index >= 15 is 0 Å². The van der Waals surface area contributed by atoms with Crippen LogP contribution in [-0.4, -0.2) is 62.4 Å². The molecule has 8 nitrogen and oxygen atoms in total.